The number of rotatable bonds is 4. The van der Waals surface area contributed by atoms with Gasteiger partial charge in [-0.25, -0.2) is 0 Å². The zero-order valence-corrected chi connectivity index (χ0v) is 19.4. The van der Waals surface area contributed by atoms with Gasteiger partial charge in [-0.15, -0.1) is 0 Å². The highest BCUT2D eigenvalue weighted by molar-refractivity contribution is 6.35. The van der Waals surface area contributed by atoms with Gasteiger partial charge in [0.05, 0.1) is 6.07 Å². The number of carbonyl (C=O) groups excluding carboxylic acids is 2. The van der Waals surface area contributed by atoms with Crippen molar-refractivity contribution < 1.29 is 22.8 Å². The molecule has 7 nitrogen and oxygen atoms in total. The molecule has 1 aromatic carbocycles. The van der Waals surface area contributed by atoms with E-state index in [4.69, 9.17) is 5.73 Å². The van der Waals surface area contributed by atoms with Gasteiger partial charge in [0.15, 0.2) is 0 Å². The van der Waals surface area contributed by atoms with Gasteiger partial charge in [-0.3, -0.25) is 14.6 Å². The number of nitrogens with zero attached hydrogens (tertiary/aromatic N) is 2. The van der Waals surface area contributed by atoms with Crippen LogP contribution in [0.5, 0.6) is 0 Å². The molecule has 2 atom stereocenters. The lowest BCUT2D eigenvalue weighted by molar-refractivity contribution is -0.141. The first-order valence-corrected chi connectivity index (χ1v) is 11.3. The number of pyridine rings is 1. The Labute approximate surface area is 205 Å². The molecule has 2 aromatic rings. The molecule has 2 unspecified atom stereocenters. The molecular weight excluding hydrogens is 471 g/mol. The molecule has 0 spiro atoms. The Hall–Kier alpha value is -4.13. The number of fused-ring (bicyclic) bond motifs is 1. The van der Waals surface area contributed by atoms with Crippen LogP contribution >= 0.6 is 0 Å². The van der Waals surface area contributed by atoms with Gasteiger partial charge < -0.3 is 16.4 Å². The van der Waals surface area contributed by atoms with Gasteiger partial charge in [-0.1, -0.05) is 12.2 Å². The van der Waals surface area contributed by atoms with Gasteiger partial charge in [0.25, 0.3) is 0 Å². The molecule has 1 aromatic heterocycles. The first-order valence-electron chi connectivity index (χ1n) is 11.3. The normalized spacial score (nSPS) is 23.1. The number of nitriles is 1. The second-order valence-corrected chi connectivity index (χ2v) is 9.08. The number of aryl methyl sites for hydroxylation is 1. The van der Waals surface area contributed by atoms with Crippen molar-refractivity contribution in [2.45, 2.75) is 44.3 Å². The van der Waals surface area contributed by atoms with Crippen molar-refractivity contribution in [3.8, 4) is 17.2 Å². The molecule has 0 bridgehead atoms. The minimum absolute atomic E-state index is 0.154. The van der Waals surface area contributed by atoms with Crippen molar-refractivity contribution >= 4 is 29.7 Å². The molecule has 2 aliphatic carbocycles. The number of alkyl halides is 3. The molecule has 36 heavy (non-hydrogen) atoms. The maximum Gasteiger partial charge on any atom is 0.389 e. The third-order valence-electron chi connectivity index (χ3n) is 6.39. The van der Waals surface area contributed by atoms with Crippen LogP contribution in [0, 0.1) is 24.2 Å². The molecule has 0 radical (unpaired) electrons. The second-order valence-electron chi connectivity index (χ2n) is 9.08. The number of carbonyl (C=O) groups is 2. The summed E-state index contributed by atoms with van der Waals surface area (Å²) in [7, 11) is 0. The smallest absolute Gasteiger partial charge is 0.389 e. The number of amides is 2. The fourth-order valence-electron chi connectivity index (χ4n) is 4.37. The van der Waals surface area contributed by atoms with Crippen molar-refractivity contribution in [1.29, 1.82) is 5.26 Å². The van der Waals surface area contributed by atoms with Crippen LogP contribution in [0.1, 0.15) is 42.4 Å². The number of hydrogen-bond donors (Lipinski definition) is 3. The van der Waals surface area contributed by atoms with Crippen LogP contribution in [-0.2, 0) is 9.59 Å². The van der Waals surface area contributed by atoms with E-state index in [1.807, 2.05) is 37.3 Å². The van der Waals surface area contributed by atoms with E-state index in [0.717, 1.165) is 27.8 Å². The van der Waals surface area contributed by atoms with E-state index in [2.05, 4.69) is 15.6 Å². The molecule has 1 saturated carbocycles. The van der Waals surface area contributed by atoms with E-state index in [1.54, 1.807) is 24.5 Å². The Kier molecular flexibility index (Phi) is 6.59. The lowest BCUT2D eigenvalue weighted by atomic mass is 9.93. The fourth-order valence-corrected chi connectivity index (χ4v) is 4.37. The summed E-state index contributed by atoms with van der Waals surface area (Å²) in [5.74, 6) is -3.28. The monoisotopic (exact) mass is 495 g/mol. The lowest BCUT2D eigenvalue weighted by Crippen LogP contribution is -2.46. The average Bonchev–Trinajstić information content (AvgIpc) is 3.45. The second kappa shape index (κ2) is 9.49. The fraction of sp³-hybridized carbons (Fsp3) is 0.308. The van der Waals surface area contributed by atoms with Crippen molar-refractivity contribution in [3.05, 3.63) is 59.1 Å². The summed E-state index contributed by atoms with van der Waals surface area (Å²) in [6.45, 7) is 1.96. The van der Waals surface area contributed by atoms with Crippen molar-refractivity contribution in [2.75, 3.05) is 5.73 Å². The molecule has 2 aliphatic rings. The Balaban J connectivity index is 1.55. The minimum atomic E-state index is -4.46. The maximum absolute atomic E-state index is 12.7. The Morgan fingerprint density at radius 3 is 2.78 bits per heavy atom. The molecule has 10 heteroatoms. The van der Waals surface area contributed by atoms with Crippen LogP contribution in [0.2, 0.25) is 0 Å². The van der Waals surface area contributed by atoms with Crippen LogP contribution in [0.3, 0.4) is 0 Å². The van der Waals surface area contributed by atoms with Crippen LogP contribution < -0.4 is 16.4 Å². The number of nitrogens with two attached hydrogens (primary N) is 1. The summed E-state index contributed by atoms with van der Waals surface area (Å²) in [6, 6.07) is 7.37. The SMILES string of the molecule is Cc1ccncc1-c1cc(N)c2c(c1)/C=C(/NC(=O)C(=O)NC1(C#N)CC1CC(F)(F)F)CC/C=C\2. The summed E-state index contributed by atoms with van der Waals surface area (Å²) >= 11 is 0. The first kappa shape index (κ1) is 25.0. The Morgan fingerprint density at radius 2 is 2.08 bits per heavy atom. The molecule has 186 valence electrons. The van der Waals surface area contributed by atoms with Gasteiger partial charge >= 0.3 is 18.0 Å². The van der Waals surface area contributed by atoms with Crippen molar-refractivity contribution in [2.24, 2.45) is 5.92 Å². The Bertz CT molecular complexity index is 1330. The zero-order chi connectivity index (χ0) is 26.1. The number of benzene rings is 1. The number of nitrogens with one attached hydrogen (secondary N) is 2. The molecule has 1 fully saturated rings. The highest BCUT2D eigenvalue weighted by Crippen LogP contribution is 2.49. The number of halogens is 3. The average molecular weight is 496 g/mol. The topological polar surface area (TPSA) is 121 Å². The molecule has 4 rings (SSSR count). The van der Waals surface area contributed by atoms with Crippen LogP contribution in [-0.4, -0.2) is 28.5 Å². The van der Waals surface area contributed by atoms with Gasteiger partial charge in [0.2, 0.25) is 0 Å². The van der Waals surface area contributed by atoms with Crippen molar-refractivity contribution in [3.63, 3.8) is 0 Å². The summed E-state index contributed by atoms with van der Waals surface area (Å²) in [6.07, 6.45) is 4.11. The summed E-state index contributed by atoms with van der Waals surface area (Å²) in [5, 5.41) is 14.1. The van der Waals surface area contributed by atoms with E-state index in [1.165, 1.54) is 0 Å². The van der Waals surface area contributed by atoms with E-state index in [9.17, 15) is 28.0 Å². The number of aromatic nitrogens is 1. The van der Waals surface area contributed by atoms with E-state index < -0.39 is 35.9 Å². The van der Waals surface area contributed by atoms with Gasteiger partial charge in [-0.2, -0.15) is 18.4 Å². The van der Waals surface area contributed by atoms with E-state index >= 15 is 0 Å². The van der Waals surface area contributed by atoms with E-state index in [-0.39, 0.29) is 6.42 Å². The number of hydrogen-bond acceptors (Lipinski definition) is 5. The number of nitrogen functional groups attached to an aromatic ring is 1. The van der Waals surface area contributed by atoms with Crippen LogP contribution in [0.4, 0.5) is 18.9 Å². The quantitative estimate of drug-likeness (QED) is 0.433. The third kappa shape index (κ3) is 5.40. The summed E-state index contributed by atoms with van der Waals surface area (Å²) < 4.78 is 38.1. The van der Waals surface area contributed by atoms with Gasteiger partial charge in [-0.05, 0) is 67.2 Å². The molecule has 0 saturated heterocycles. The highest BCUT2D eigenvalue weighted by atomic mass is 19.4. The third-order valence-corrected chi connectivity index (χ3v) is 6.39. The molecule has 2 amide bonds. The standard InChI is InChI=1S/C26H24F3N5O2/c1-15-6-7-32-13-21(15)17-8-16-9-19(4-2-3-5-20(16)22(31)10-17)33-23(35)24(36)34-25(14-30)11-18(25)12-26(27,28)29/h3,5-10,13,18H,2,4,11-12,31H2,1H3,(H,33,35)(H,34,36)/b5-3-,19-9+. The van der Waals surface area contributed by atoms with Crippen LogP contribution in [0.15, 0.2) is 42.4 Å². The first-order chi connectivity index (χ1) is 17.0. The lowest BCUT2D eigenvalue weighted by Gasteiger charge is -2.17. The molecule has 1 heterocycles. The minimum Gasteiger partial charge on any atom is -0.398 e. The predicted octanol–water partition coefficient (Wildman–Crippen LogP) is 4.25. The van der Waals surface area contributed by atoms with Crippen LogP contribution in [0.25, 0.3) is 23.3 Å². The summed E-state index contributed by atoms with van der Waals surface area (Å²) in [5.41, 5.74) is 9.85. The molecule has 0 aliphatic heterocycles. The Morgan fingerprint density at radius 1 is 1.31 bits per heavy atom. The number of allylic oxidation sites excluding steroid dienone is 2. The maximum atomic E-state index is 12.7. The predicted molar refractivity (Wildman–Crippen MR) is 128 cm³/mol. The van der Waals surface area contributed by atoms with Crippen molar-refractivity contribution in [1.82, 2.24) is 15.6 Å². The highest BCUT2D eigenvalue weighted by Gasteiger charge is 2.60. The van der Waals surface area contributed by atoms with Gasteiger partial charge in [0.1, 0.15) is 5.54 Å². The summed E-state index contributed by atoms with van der Waals surface area (Å²) in [4.78, 5) is 29.2. The largest absolute Gasteiger partial charge is 0.398 e. The number of anilines is 1. The molecule has 4 N–H and O–H groups in total. The van der Waals surface area contributed by atoms with Gasteiger partial charge in [0, 0.05) is 47.2 Å². The van der Waals surface area contributed by atoms with E-state index in [0.29, 0.717) is 24.2 Å². The molecular formula is C26H24F3N5O2. The zero-order valence-electron chi connectivity index (χ0n) is 19.4.